The number of benzene rings is 1. The maximum atomic E-state index is 13.1. The fourth-order valence-corrected chi connectivity index (χ4v) is 4.47. The summed E-state index contributed by atoms with van der Waals surface area (Å²) in [6, 6.07) is 7.59. The molecule has 10 heteroatoms. The number of fused-ring (bicyclic) bond motifs is 2. The first kappa shape index (κ1) is 21.6. The van der Waals surface area contributed by atoms with Crippen LogP contribution in [0.25, 0.3) is 5.65 Å². The van der Waals surface area contributed by atoms with Gasteiger partial charge in [0, 0.05) is 12.2 Å². The zero-order valence-electron chi connectivity index (χ0n) is 19.1. The lowest BCUT2D eigenvalue weighted by molar-refractivity contribution is 0.00578. The Morgan fingerprint density at radius 2 is 1.88 bits per heavy atom. The number of nitrogens with zero attached hydrogens (tertiary/aromatic N) is 3. The molecule has 0 radical (unpaired) electrons. The van der Waals surface area contributed by atoms with Gasteiger partial charge in [-0.15, -0.1) is 0 Å². The smallest absolute Gasteiger partial charge is 0.399 e. The Kier molecular flexibility index (Phi) is 4.84. The molecule has 1 aliphatic carbocycles. The summed E-state index contributed by atoms with van der Waals surface area (Å²) < 4.78 is 13.9. The number of nitrogens with one attached hydrogen (secondary N) is 1. The summed E-state index contributed by atoms with van der Waals surface area (Å²) in [4.78, 5) is 28.8. The second kappa shape index (κ2) is 7.39. The van der Waals surface area contributed by atoms with E-state index in [2.05, 4.69) is 21.5 Å². The van der Waals surface area contributed by atoms with Crippen LogP contribution >= 0.6 is 0 Å². The molecule has 3 N–H and O–H groups in total. The van der Waals surface area contributed by atoms with Crippen molar-refractivity contribution >= 4 is 30.0 Å². The van der Waals surface area contributed by atoms with Crippen LogP contribution in [0, 0.1) is 0 Å². The van der Waals surface area contributed by atoms with Gasteiger partial charge in [-0.3, -0.25) is 9.59 Å². The van der Waals surface area contributed by atoms with E-state index in [0.717, 1.165) is 11.0 Å². The highest BCUT2D eigenvalue weighted by atomic mass is 16.7. The normalized spacial score (nSPS) is 20.7. The lowest BCUT2D eigenvalue weighted by Crippen LogP contribution is -2.41. The Morgan fingerprint density at radius 1 is 1.15 bits per heavy atom. The van der Waals surface area contributed by atoms with Crippen LogP contribution in [0.15, 0.2) is 36.7 Å². The Bertz CT molecular complexity index is 1270. The molecule has 5 rings (SSSR count). The number of rotatable bonds is 4. The van der Waals surface area contributed by atoms with Crippen molar-refractivity contribution in [3.63, 3.8) is 0 Å². The minimum absolute atomic E-state index is 0.0922. The minimum Gasteiger partial charge on any atom is -0.399 e. The quantitative estimate of drug-likeness (QED) is 0.577. The summed E-state index contributed by atoms with van der Waals surface area (Å²) in [6.07, 6.45) is 4.16. The van der Waals surface area contributed by atoms with Gasteiger partial charge in [-0.1, -0.05) is 18.2 Å². The summed E-state index contributed by atoms with van der Waals surface area (Å²) in [7, 11) is -0.449. The molecule has 1 aliphatic heterocycles. The van der Waals surface area contributed by atoms with E-state index in [0.29, 0.717) is 12.8 Å². The van der Waals surface area contributed by atoms with Crippen LogP contribution in [0.5, 0.6) is 0 Å². The highest BCUT2D eigenvalue weighted by Gasteiger charge is 2.52. The van der Waals surface area contributed by atoms with Gasteiger partial charge in [0.05, 0.1) is 17.4 Å². The average molecular weight is 447 g/mol. The van der Waals surface area contributed by atoms with Gasteiger partial charge in [-0.25, -0.2) is 9.50 Å². The molecular formula is C23H26BN5O4. The van der Waals surface area contributed by atoms with Crippen LogP contribution in [0.4, 0.5) is 0 Å². The van der Waals surface area contributed by atoms with Crippen LogP contribution in [0.2, 0.25) is 0 Å². The largest absolute Gasteiger partial charge is 0.495 e. The molecule has 9 nitrogen and oxygen atoms in total. The van der Waals surface area contributed by atoms with Gasteiger partial charge in [0.2, 0.25) is 0 Å². The number of amides is 2. The Morgan fingerprint density at radius 3 is 2.58 bits per heavy atom. The number of hydrogen-bond acceptors (Lipinski definition) is 6. The summed E-state index contributed by atoms with van der Waals surface area (Å²) in [5, 5.41) is 7.23. The molecule has 1 saturated heterocycles. The lowest BCUT2D eigenvalue weighted by Gasteiger charge is -2.32. The first-order valence-corrected chi connectivity index (χ1v) is 11.0. The number of carbonyl (C=O) groups excluding carboxylic acids is 2. The minimum atomic E-state index is -0.642. The molecule has 2 aliphatic rings. The van der Waals surface area contributed by atoms with Crippen LogP contribution < -0.4 is 16.5 Å². The molecule has 1 aromatic carbocycles. The van der Waals surface area contributed by atoms with E-state index in [1.54, 1.807) is 6.07 Å². The summed E-state index contributed by atoms with van der Waals surface area (Å²) in [5.41, 5.74) is 8.57. The van der Waals surface area contributed by atoms with Crippen LogP contribution in [-0.4, -0.2) is 50.8 Å². The lowest BCUT2D eigenvalue weighted by atomic mass is 9.75. The second-order valence-corrected chi connectivity index (χ2v) is 9.64. The van der Waals surface area contributed by atoms with Crippen molar-refractivity contribution in [2.24, 2.45) is 5.73 Å². The number of aromatic nitrogens is 3. The molecule has 0 bridgehead atoms. The van der Waals surface area contributed by atoms with Crippen molar-refractivity contribution < 1.29 is 18.9 Å². The molecule has 170 valence electrons. The van der Waals surface area contributed by atoms with Gasteiger partial charge < -0.3 is 20.4 Å². The number of carbonyl (C=O) groups is 2. The third-order valence-electron chi connectivity index (χ3n) is 6.97. The highest BCUT2D eigenvalue weighted by Crippen LogP contribution is 2.37. The van der Waals surface area contributed by atoms with Crippen molar-refractivity contribution in [1.82, 2.24) is 19.9 Å². The predicted octanol–water partition coefficient (Wildman–Crippen LogP) is 1.02. The van der Waals surface area contributed by atoms with Crippen molar-refractivity contribution in [2.45, 2.75) is 57.8 Å². The topological polar surface area (TPSA) is 121 Å². The number of primary amides is 1. The van der Waals surface area contributed by atoms with E-state index in [1.165, 1.54) is 22.5 Å². The Hall–Kier alpha value is -3.24. The zero-order valence-corrected chi connectivity index (χ0v) is 19.1. The van der Waals surface area contributed by atoms with Gasteiger partial charge in [0.1, 0.15) is 11.3 Å². The Labute approximate surface area is 191 Å². The van der Waals surface area contributed by atoms with Gasteiger partial charge in [-0.05, 0) is 63.2 Å². The molecule has 0 saturated carbocycles. The SMILES string of the molecule is CC1(C)OB(c2cccc3c2CC(NC(=O)c2ccnc4c(C(N)=O)cnn24)C3)OC1(C)C. The van der Waals surface area contributed by atoms with Crippen LogP contribution in [0.1, 0.15) is 59.7 Å². The van der Waals surface area contributed by atoms with Crippen LogP contribution in [-0.2, 0) is 22.2 Å². The summed E-state index contributed by atoms with van der Waals surface area (Å²) in [5.74, 6) is -0.937. The second-order valence-electron chi connectivity index (χ2n) is 9.64. The maximum absolute atomic E-state index is 13.1. The number of nitrogens with two attached hydrogens (primary N) is 1. The van der Waals surface area contributed by atoms with Gasteiger partial charge >= 0.3 is 7.12 Å². The third-order valence-corrected chi connectivity index (χ3v) is 6.97. The van der Waals surface area contributed by atoms with Gasteiger partial charge in [0.25, 0.3) is 11.8 Å². The molecule has 33 heavy (non-hydrogen) atoms. The van der Waals surface area contributed by atoms with Crippen molar-refractivity contribution in [2.75, 3.05) is 0 Å². The summed E-state index contributed by atoms with van der Waals surface area (Å²) >= 11 is 0. The molecular weight excluding hydrogens is 421 g/mol. The van der Waals surface area contributed by atoms with E-state index in [4.69, 9.17) is 15.0 Å². The maximum Gasteiger partial charge on any atom is 0.495 e. The fourth-order valence-electron chi connectivity index (χ4n) is 4.47. The van der Waals surface area contributed by atoms with E-state index in [9.17, 15) is 9.59 Å². The molecule has 2 aromatic heterocycles. The Balaban J connectivity index is 1.37. The zero-order chi connectivity index (χ0) is 23.5. The monoisotopic (exact) mass is 447 g/mol. The van der Waals surface area contributed by atoms with E-state index >= 15 is 0 Å². The molecule has 1 fully saturated rings. The van der Waals surface area contributed by atoms with E-state index in [-0.39, 0.29) is 28.9 Å². The fraction of sp³-hybridized carbons (Fsp3) is 0.391. The first-order chi connectivity index (χ1) is 15.6. The molecule has 1 atom stereocenters. The van der Waals surface area contributed by atoms with Crippen molar-refractivity contribution in [3.05, 3.63) is 59.0 Å². The molecule has 2 amide bonds. The van der Waals surface area contributed by atoms with Gasteiger partial charge in [0.15, 0.2) is 5.65 Å². The summed E-state index contributed by atoms with van der Waals surface area (Å²) in [6.45, 7) is 8.14. The molecule has 3 aromatic rings. The molecule has 0 spiro atoms. The van der Waals surface area contributed by atoms with E-state index in [1.807, 2.05) is 39.8 Å². The van der Waals surface area contributed by atoms with Crippen LogP contribution in [0.3, 0.4) is 0 Å². The molecule has 3 heterocycles. The van der Waals surface area contributed by atoms with E-state index < -0.39 is 24.2 Å². The number of hydrogen-bond donors (Lipinski definition) is 2. The van der Waals surface area contributed by atoms with Gasteiger partial charge in [-0.2, -0.15) is 5.10 Å². The third kappa shape index (κ3) is 3.50. The average Bonchev–Trinajstić information content (AvgIpc) is 3.40. The van der Waals surface area contributed by atoms with Crippen molar-refractivity contribution in [1.29, 1.82) is 0 Å². The first-order valence-electron chi connectivity index (χ1n) is 11.0. The standard InChI is InChI=1S/C23H26BN5O4/c1-22(2)23(3,4)33-24(32-22)17-7-5-6-13-10-14(11-15(13)17)28-21(31)18-8-9-26-20-16(19(25)30)12-27-29(18)20/h5-9,12,14H,10-11H2,1-4H3,(H2,25,30)(H,28,31). The molecule has 1 unspecified atom stereocenters. The predicted molar refractivity (Wildman–Crippen MR) is 122 cm³/mol. The van der Waals surface area contributed by atoms with Crippen molar-refractivity contribution in [3.8, 4) is 0 Å². The highest BCUT2D eigenvalue weighted by molar-refractivity contribution is 6.62.